The van der Waals surface area contributed by atoms with Crippen molar-refractivity contribution in [1.82, 2.24) is 34.7 Å². The summed E-state index contributed by atoms with van der Waals surface area (Å²) in [5.74, 6) is -2.37. The fourth-order valence-corrected chi connectivity index (χ4v) is 5.20. The molecule has 16 heteroatoms. The largest absolute Gasteiger partial charge is 0.490 e. The fourth-order valence-electron chi connectivity index (χ4n) is 4.10. The van der Waals surface area contributed by atoms with E-state index < -0.39 is 12.1 Å². The molecule has 0 bridgehead atoms. The second-order valence-electron chi connectivity index (χ2n) is 8.51. The van der Waals surface area contributed by atoms with Gasteiger partial charge in [0.15, 0.2) is 12.6 Å². The Labute approximate surface area is 222 Å². The molecule has 4 heterocycles. The molecule has 1 aliphatic rings. The van der Waals surface area contributed by atoms with E-state index in [0.29, 0.717) is 16.0 Å². The number of hydrogen-bond acceptors (Lipinski definition) is 9. The number of benzene rings is 1. The predicted octanol–water partition coefficient (Wildman–Crippen LogP) is 2.09. The van der Waals surface area contributed by atoms with Gasteiger partial charge in [0.1, 0.15) is 4.70 Å². The first-order valence-corrected chi connectivity index (χ1v) is 12.5. The Morgan fingerprint density at radius 2 is 1.87 bits per heavy atom. The quantitative estimate of drug-likeness (QED) is 0.358. The van der Waals surface area contributed by atoms with Gasteiger partial charge in [0.05, 0.1) is 12.1 Å². The predicted molar refractivity (Wildman–Crippen MR) is 135 cm³/mol. The molecule has 0 spiro atoms. The number of rotatable bonds is 6. The van der Waals surface area contributed by atoms with Crippen LogP contribution in [0, 0.1) is 0 Å². The van der Waals surface area contributed by atoms with Crippen LogP contribution in [-0.4, -0.2) is 66.8 Å². The van der Waals surface area contributed by atoms with E-state index in [4.69, 9.17) is 14.6 Å². The Morgan fingerprint density at radius 3 is 2.49 bits per heavy atom. The SMILES string of the molecule is COCn1nnc(Cn2c(=O)n(C3CCNCC3)c(=O)c3sc(-c4ccccc4)cc32)n1.O=C(O)C(F)(F)F. The van der Waals surface area contributed by atoms with E-state index >= 15 is 0 Å². The van der Waals surface area contributed by atoms with Crippen LogP contribution in [0.25, 0.3) is 20.7 Å². The molecule has 3 aromatic heterocycles. The highest BCUT2D eigenvalue weighted by molar-refractivity contribution is 7.22. The summed E-state index contributed by atoms with van der Waals surface area (Å²) in [6, 6.07) is 11.6. The van der Waals surface area contributed by atoms with Crippen molar-refractivity contribution >= 4 is 27.5 Å². The lowest BCUT2D eigenvalue weighted by Gasteiger charge is -2.24. The lowest BCUT2D eigenvalue weighted by atomic mass is 10.1. The highest BCUT2D eigenvalue weighted by Crippen LogP contribution is 2.31. The highest BCUT2D eigenvalue weighted by atomic mass is 32.1. The van der Waals surface area contributed by atoms with Gasteiger partial charge < -0.3 is 15.2 Å². The number of carboxylic acids is 1. The van der Waals surface area contributed by atoms with E-state index in [1.165, 1.54) is 20.7 Å². The number of carbonyl (C=O) groups is 1. The summed E-state index contributed by atoms with van der Waals surface area (Å²) in [6.45, 7) is 1.85. The molecule has 2 N–H and O–H groups in total. The van der Waals surface area contributed by atoms with Crippen LogP contribution in [0.5, 0.6) is 0 Å². The summed E-state index contributed by atoms with van der Waals surface area (Å²) < 4.78 is 40.3. The second kappa shape index (κ2) is 11.9. The number of alkyl halides is 3. The van der Waals surface area contributed by atoms with Gasteiger partial charge in [-0.25, -0.2) is 9.59 Å². The summed E-state index contributed by atoms with van der Waals surface area (Å²) >= 11 is 1.41. The molecule has 4 aromatic rings. The number of ether oxygens (including phenoxy) is 1. The van der Waals surface area contributed by atoms with Crippen LogP contribution in [0.4, 0.5) is 13.2 Å². The molecule has 1 aliphatic heterocycles. The van der Waals surface area contributed by atoms with E-state index in [1.54, 1.807) is 11.7 Å². The van der Waals surface area contributed by atoms with Gasteiger partial charge in [0, 0.05) is 18.0 Å². The zero-order valence-electron chi connectivity index (χ0n) is 20.6. The van der Waals surface area contributed by atoms with Crippen LogP contribution in [0.1, 0.15) is 24.7 Å². The molecule has 12 nitrogen and oxygen atoms in total. The Morgan fingerprint density at radius 1 is 1.21 bits per heavy atom. The average molecular weight is 568 g/mol. The van der Waals surface area contributed by atoms with Gasteiger partial charge in [-0.1, -0.05) is 30.3 Å². The minimum absolute atomic E-state index is 0.120. The average Bonchev–Trinajstić information content (AvgIpc) is 3.55. The van der Waals surface area contributed by atoms with E-state index in [9.17, 15) is 22.8 Å². The molecule has 0 saturated carbocycles. The topological polar surface area (TPSA) is 146 Å². The Hall–Kier alpha value is -3.89. The van der Waals surface area contributed by atoms with Crippen LogP contribution in [0.3, 0.4) is 0 Å². The first-order valence-electron chi connectivity index (χ1n) is 11.7. The van der Waals surface area contributed by atoms with Gasteiger partial charge in [-0.05, 0) is 42.8 Å². The molecule has 39 heavy (non-hydrogen) atoms. The van der Waals surface area contributed by atoms with Crippen LogP contribution in [0.15, 0.2) is 46.0 Å². The number of methoxy groups -OCH3 is 1. The van der Waals surface area contributed by atoms with Crippen molar-refractivity contribution in [2.24, 2.45) is 0 Å². The van der Waals surface area contributed by atoms with Gasteiger partial charge in [0.2, 0.25) is 0 Å². The molecule has 0 atom stereocenters. The van der Waals surface area contributed by atoms with Crippen LogP contribution < -0.4 is 16.6 Å². The summed E-state index contributed by atoms with van der Waals surface area (Å²) in [4.78, 5) is 38.2. The monoisotopic (exact) mass is 567 g/mol. The van der Waals surface area contributed by atoms with E-state index in [0.717, 1.165) is 36.4 Å². The molecule has 0 aliphatic carbocycles. The first kappa shape index (κ1) is 28.1. The van der Waals surface area contributed by atoms with E-state index in [2.05, 4.69) is 20.7 Å². The fraction of sp³-hybridized carbons (Fsp3) is 0.391. The number of halogens is 3. The molecule has 208 valence electrons. The highest BCUT2D eigenvalue weighted by Gasteiger charge is 2.38. The third-order valence-electron chi connectivity index (χ3n) is 5.87. The third kappa shape index (κ3) is 6.40. The number of nitrogens with one attached hydrogen (secondary N) is 1. The maximum absolute atomic E-state index is 13.6. The molecule has 5 rings (SSSR count). The summed E-state index contributed by atoms with van der Waals surface area (Å²) in [6.07, 6.45) is -3.61. The second-order valence-corrected chi connectivity index (χ2v) is 9.57. The van der Waals surface area contributed by atoms with E-state index in [-0.39, 0.29) is 30.6 Å². The smallest absolute Gasteiger partial charge is 0.475 e. The minimum Gasteiger partial charge on any atom is -0.475 e. The number of carboxylic acid groups (broad SMARTS) is 1. The number of tetrazole rings is 1. The first-order chi connectivity index (χ1) is 18.6. The number of fused-ring (bicyclic) bond motifs is 1. The maximum Gasteiger partial charge on any atom is 0.490 e. The van der Waals surface area contributed by atoms with Gasteiger partial charge in [-0.3, -0.25) is 13.9 Å². The normalized spacial score (nSPS) is 14.3. The summed E-state index contributed by atoms with van der Waals surface area (Å²) in [5, 5.41) is 22.7. The number of thiophene rings is 1. The Bertz CT molecular complexity index is 1560. The van der Waals surface area contributed by atoms with Crippen molar-refractivity contribution in [2.45, 2.75) is 38.3 Å². The van der Waals surface area contributed by atoms with Crippen LogP contribution in [0.2, 0.25) is 0 Å². The molecule has 1 aromatic carbocycles. The Balaban J connectivity index is 0.000000448. The number of aliphatic carboxylic acids is 1. The van der Waals surface area contributed by atoms with Crippen LogP contribution >= 0.6 is 11.3 Å². The number of hydrogen-bond donors (Lipinski definition) is 2. The van der Waals surface area contributed by atoms with Gasteiger partial charge in [-0.2, -0.15) is 13.2 Å². The zero-order valence-corrected chi connectivity index (χ0v) is 21.4. The summed E-state index contributed by atoms with van der Waals surface area (Å²) in [5.41, 5.74) is 1.04. The van der Waals surface area contributed by atoms with E-state index in [1.807, 2.05) is 36.4 Å². The molecule has 0 amide bonds. The maximum atomic E-state index is 13.6. The van der Waals surface area contributed by atoms with Crippen molar-refractivity contribution in [2.75, 3.05) is 20.2 Å². The van der Waals surface area contributed by atoms with Crippen molar-refractivity contribution in [3.05, 3.63) is 63.1 Å². The zero-order chi connectivity index (χ0) is 28.2. The molecule has 1 saturated heterocycles. The van der Waals surface area contributed by atoms with Crippen molar-refractivity contribution in [3.8, 4) is 10.4 Å². The minimum atomic E-state index is -5.08. The lowest BCUT2D eigenvalue weighted by molar-refractivity contribution is -0.192. The number of piperidine rings is 1. The van der Waals surface area contributed by atoms with Crippen molar-refractivity contribution in [3.63, 3.8) is 0 Å². The van der Waals surface area contributed by atoms with Crippen molar-refractivity contribution in [1.29, 1.82) is 0 Å². The van der Waals surface area contributed by atoms with Crippen LogP contribution in [-0.2, 0) is 22.8 Å². The lowest BCUT2D eigenvalue weighted by Crippen LogP contribution is -2.45. The molecule has 1 fully saturated rings. The molecule has 0 unspecified atom stereocenters. The number of aromatic nitrogens is 6. The molecular weight excluding hydrogens is 543 g/mol. The Kier molecular flexibility index (Phi) is 8.57. The van der Waals surface area contributed by atoms with Crippen molar-refractivity contribution < 1.29 is 27.8 Å². The standard InChI is InChI=1S/C21H23N7O3S.C2HF3O2/c1-31-13-27-24-18(23-25-27)12-26-16-11-17(14-5-3-2-4-6-14)32-19(16)20(29)28(21(26)30)15-7-9-22-10-8-15;3-2(4,5)1(6)7/h2-6,11,15,22H,7-10,12-13H2,1H3;(H,6,7). The van der Waals surface area contributed by atoms with Gasteiger partial charge >= 0.3 is 17.8 Å². The van der Waals surface area contributed by atoms with Gasteiger partial charge in [-0.15, -0.1) is 26.3 Å². The summed E-state index contributed by atoms with van der Waals surface area (Å²) in [7, 11) is 1.54. The number of nitrogens with zero attached hydrogens (tertiary/aromatic N) is 6. The van der Waals surface area contributed by atoms with Gasteiger partial charge in [0.25, 0.3) is 5.56 Å². The molecular formula is C23H24F3N7O5S. The third-order valence-corrected chi connectivity index (χ3v) is 7.03. The molecule has 0 radical (unpaired) electrons.